The molecule has 3 nitrogen and oxygen atoms in total. The van der Waals surface area contributed by atoms with Crippen molar-refractivity contribution in [2.24, 2.45) is 5.92 Å². The molecule has 0 saturated heterocycles. The Morgan fingerprint density at radius 2 is 1.94 bits per heavy atom. The SMILES string of the molecule is CC(CCl)C(=O)NCc1ccc(CO)cc1. The zero-order chi connectivity index (χ0) is 12.0. The van der Waals surface area contributed by atoms with Gasteiger partial charge < -0.3 is 10.4 Å². The minimum Gasteiger partial charge on any atom is -0.392 e. The molecule has 1 aromatic rings. The van der Waals surface area contributed by atoms with Crippen molar-refractivity contribution in [2.75, 3.05) is 5.88 Å². The molecule has 0 spiro atoms. The summed E-state index contributed by atoms with van der Waals surface area (Å²) in [5.74, 6) is 0.120. The summed E-state index contributed by atoms with van der Waals surface area (Å²) in [6.07, 6.45) is 0. The predicted molar refractivity (Wildman–Crippen MR) is 64.1 cm³/mol. The van der Waals surface area contributed by atoms with E-state index < -0.39 is 0 Å². The average molecular weight is 242 g/mol. The summed E-state index contributed by atoms with van der Waals surface area (Å²) in [7, 11) is 0. The van der Waals surface area contributed by atoms with Gasteiger partial charge in [0.1, 0.15) is 0 Å². The highest BCUT2D eigenvalue weighted by atomic mass is 35.5. The Morgan fingerprint density at radius 3 is 2.44 bits per heavy atom. The van der Waals surface area contributed by atoms with Gasteiger partial charge in [-0.05, 0) is 11.1 Å². The number of carbonyl (C=O) groups excluding carboxylic acids is 1. The topological polar surface area (TPSA) is 49.3 Å². The Bertz CT molecular complexity index is 337. The van der Waals surface area contributed by atoms with E-state index >= 15 is 0 Å². The molecular weight excluding hydrogens is 226 g/mol. The molecule has 0 aliphatic carbocycles. The van der Waals surface area contributed by atoms with Gasteiger partial charge in [0.15, 0.2) is 0 Å². The van der Waals surface area contributed by atoms with Crippen molar-refractivity contribution in [2.45, 2.75) is 20.1 Å². The second-order valence-corrected chi connectivity index (χ2v) is 4.06. The van der Waals surface area contributed by atoms with Crippen LogP contribution in [0.5, 0.6) is 0 Å². The van der Waals surface area contributed by atoms with Crippen molar-refractivity contribution >= 4 is 17.5 Å². The first-order valence-corrected chi connectivity index (χ1v) is 5.73. The van der Waals surface area contributed by atoms with Crippen LogP contribution in [0.3, 0.4) is 0 Å². The zero-order valence-corrected chi connectivity index (χ0v) is 10.00. The molecule has 0 heterocycles. The summed E-state index contributed by atoms with van der Waals surface area (Å²) < 4.78 is 0. The lowest BCUT2D eigenvalue weighted by molar-refractivity contribution is -0.124. The summed E-state index contributed by atoms with van der Waals surface area (Å²) in [5, 5.41) is 11.7. The predicted octanol–water partition coefficient (Wildman–Crippen LogP) is 1.67. The number of rotatable bonds is 5. The Kier molecular flexibility index (Phi) is 5.29. The number of benzene rings is 1. The number of aliphatic hydroxyl groups is 1. The fourth-order valence-corrected chi connectivity index (χ4v) is 1.34. The van der Waals surface area contributed by atoms with Gasteiger partial charge in [0.05, 0.1) is 6.61 Å². The van der Waals surface area contributed by atoms with Crippen LogP contribution in [0.2, 0.25) is 0 Å². The molecule has 4 heteroatoms. The van der Waals surface area contributed by atoms with Crippen molar-refractivity contribution < 1.29 is 9.90 Å². The molecule has 0 saturated carbocycles. The van der Waals surface area contributed by atoms with Gasteiger partial charge in [-0.2, -0.15) is 0 Å². The number of nitrogens with one attached hydrogen (secondary N) is 1. The number of aliphatic hydroxyl groups excluding tert-OH is 1. The number of amides is 1. The third kappa shape index (κ3) is 3.83. The van der Waals surface area contributed by atoms with Crippen LogP contribution >= 0.6 is 11.6 Å². The van der Waals surface area contributed by atoms with Crippen LogP contribution in [-0.2, 0) is 17.9 Å². The lowest BCUT2D eigenvalue weighted by atomic mass is 10.1. The smallest absolute Gasteiger partial charge is 0.224 e. The van der Waals surface area contributed by atoms with Crippen LogP contribution in [0, 0.1) is 5.92 Å². The van der Waals surface area contributed by atoms with Crippen molar-refractivity contribution in [3.63, 3.8) is 0 Å². The zero-order valence-electron chi connectivity index (χ0n) is 9.24. The molecular formula is C12H16ClNO2. The van der Waals surface area contributed by atoms with E-state index in [0.29, 0.717) is 12.4 Å². The number of hydrogen-bond acceptors (Lipinski definition) is 2. The van der Waals surface area contributed by atoms with E-state index in [0.717, 1.165) is 11.1 Å². The van der Waals surface area contributed by atoms with Crippen LogP contribution in [0.25, 0.3) is 0 Å². The summed E-state index contributed by atoms with van der Waals surface area (Å²) in [6.45, 7) is 2.32. The quantitative estimate of drug-likeness (QED) is 0.771. The van der Waals surface area contributed by atoms with Crippen molar-refractivity contribution in [1.29, 1.82) is 0 Å². The normalized spacial score (nSPS) is 12.2. The first-order valence-electron chi connectivity index (χ1n) is 5.19. The monoisotopic (exact) mass is 241 g/mol. The van der Waals surface area contributed by atoms with Gasteiger partial charge in [-0.25, -0.2) is 0 Å². The Balaban J connectivity index is 2.45. The second-order valence-electron chi connectivity index (χ2n) is 3.75. The highest BCUT2D eigenvalue weighted by Crippen LogP contribution is 2.05. The lowest BCUT2D eigenvalue weighted by Gasteiger charge is -2.09. The average Bonchev–Trinajstić information content (AvgIpc) is 2.35. The van der Waals surface area contributed by atoms with Crippen molar-refractivity contribution in [3.8, 4) is 0 Å². The number of carbonyl (C=O) groups is 1. The molecule has 0 aromatic heterocycles. The van der Waals surface area contributed by atoms with Gasteiger partial charge in [-0.15, -0.1) is 11.6 Å². The van der Waals surface area contributed by atoms with E-state index in [1.54, 1.807) is 6.92 Å². The van der Waals surface area contributed by atoms with E-state index in [1.807, 2.05) is 24.3 Å². The largest absolute Gasteiger partial charge is 0.392 e. The van der Waals surface area contributed by atoms with Gasteiger partial charge in [0.2, 0.25) is 5.91 Å². The Morgan fingerprint density at radius 1 is 1.38 bits per heavy atom. The van der Waals surface area contributed by atoms with Crippen molar-refractivity contribution in [1.82, 2.24) is 5.32 Å². The number of halogens is 1. The molecule has 0 aliphatic heterocycles. The van der Waals surface area contributed by atoms with E-state index in [2.05, 4.69) is 5.32 Å². The lowest BCUT2D eigenvalue weighted by Crippen LogP contribution is -2.29. The van der Waals surface area contributed by atoms with E-state index in [9.17, 15) is 4.79 Å². The van der Waals surface area contributed by atoms with Crippen LogP contribution in [0.15, 0.2) is 24.3 Å². The first-order chi connectivity index (χ1) is 7.67. The third-order valence-electron chi connectivity index (χ3n) is 2.35. The molecule has 16 heavy (non-hydrogen) atoms. The Hall–Kier alpha value is -1.06. The molecule has 0 radical (unpaired) electrons. The highest BCUT2D eigenvalue weighted by molar-refractivity contribution is 6.19. The molecule has 2 N–H and O–H groups in total. The minimum atomic E-state index is -0.168. The van der Waals surface area contributed by atoms with Gasteiger partial charge in [-0.3, -0.25) is 4.79 Å². The number of hydrogen-bond donors (Lipinski definition) is 2. The van der Waals surface area contributed by atoms with E-state index in [4.69, 9.17) is 16.7 Å². The van der Waals surface area contributed by atoms with Gasteiger partial charge in [-0.1, -0.05) is 31.2 Å². The maximum absolute atomic E-state index is 11.4. The minimum absolute atomic E-state index is 0.0376. The third-order valence-corrected chi connectivity index (χ3v) is 2.81. The van der Waals surface area contributed by atoms with Crippen LogP contribution in [-0.4, -0.2) is 16.9 Å². The molecule has 1 unspecified atom stereocenters. The summed E-state index contributed by atoms with van der Waals surface area (Å²) >= 11 is 5.58. The van der Waals surface area contributed by atoms with Gasteiger partial charge in [0.25, 0.3) is 0 Å². The number of alkyl halides is 1. The molecule has 1 atom stereocenters. The van der Waals surface area contributed by atoms with Gasteiger partial charge in [0, 0.05) is 18.3 Å². The van der Waals surface area contributed by atoms with Crippen LogP contribution in [0.1, 0.15) is 18.1 Å². The summed E-state index contributed by atoms with van der Waals surface area (Å²) in [5.41, 5.74) is 1.87. The fourth-order valence-electron chi connectivity index (χ4n) is 1.20. The van der Waals surface area contributed by atoms with Gasteiger partial charge >= 0.3 is 0 Å². The molecule has 0 aliphatic rings. The summed E-state index contributed by atoms with van der Waals surface area (Å²) in [4.78, 5) is 11.4. The highest BCUT2D eigenvalue weighted by Gasteiger charge is 2.10. The first kappa shape index (κ1) is 13.0. The molecule has 0 bridgehead atoms. The van der Waals surface area contributed by atoms with Crippen molar-refractivity contribution in [3.05, 3.63) is 35.4 Å². The molecule has 0 fully saturated rings. The maximum atomic E-state index is 11.4. The maximum Gasteiger partial charge on any atom is 0.224 e. The van der Waals surface area contributed by atoms with Crippen LogP contribution < -0.4 is 5.32 Å². The summed E-state index contributed by atoms with van der Waals surface area (Å²) in [6, 6.07) is 7.45. The molecule has 88 valence electrons. The van der Waals surface area contributed by atoms with E-state index in [1.165, 1.54) is 0 Å². The standard InChI is InChI=1S/C12H16ClNO2/c1-9(6-13)12(16)14-7-10-2-4-11(8-15)5-3-10/h2-5,9,15H,6-8H2,1H3,(H,14,16). The van der Waals surface area contributed by atoms with E-state index in [-0.39, 0.29) is 18.4 Å². The second kappa shape index (κ2) is 6.51. The Labute approximate surface area is 100 Å². The molecule has 1 aromatic carbocycles. The molecule has 1 rings (SSSR count). The van der Waals surface area contributed by atoms with Crippen LogP contribution in [0.4, 0.5) is 0 Å². The fraction of sp³-hybridized carbons (Fsp3) is 0.417. The molecule has 1 amide bonds.